The third-order valence-electron chi connectivity index (χ3n) is 12.6. The maximum Gasteiger partial charge on any atom is 0.251 e. The number of aliphatic hydroxyl groups excluding tert-OH is 2. The van der Waals surface area contributed by atoms with Crippen molar-refractivity contribution in [2.45, 2.75) is 77.8 Å². The van der Waals surface area contributed by atoms with Crippen LogP contribution in [0.2, 0.25) is 0 Å². The van der Waals surface area contributed by atoms with Crippen molar-refractivity contribution in [3.05, 3.63) is 77.4 Å². The first-order chi connectivity index (χ1) is 25.8. The fraction of sp³-hybridized carbons (Fsp3) is 0.535. The third-order valence-corrected chi connectivity index (χ3v) is 12.6. The van der Waals surface area contributed by atoms with Crippen LogP contribution in [-0.4, -0.2) is 92.8 Å². The van der Waals surface area contributed by atoms with E-state index in [1.807, 2.05) is 79.7 Å². The monoisotopic (exact) mass is 742 g/mol. The summed E-state index contributed by atoms with van der Waals surface area (Å²) < 4.78 is 11.5. The fourth-order valence-electron chi connectivity index (χ4n) is 9.31. The number of carbonyl (C=O) groups excluding carboxylic acids is 2. The zero-order valence-electron chi connectivity index (χ0n) is 33.0. The maximum absolute atomic E-state index is 14.2. The summed E-state index contributed by atoms with van der Waals surface area (Å²) in [6.45, 7) is 8.81. The molecule has 2 bridgehead atoms. The van der Waals surface area contributed by atoms with E-state index in [2.05, 4.69) is 31.4 Å². The number of para-hydroxylation sites is 2. The van der Waals surface area contributed by atoms with Crippen molar-refractivity contribution in [1.82, 2.24) is 15.7 Å². The first-order valence-electron chi connectivity index (χ1n) is 19.2. The lowest BCUT2D eigenvalue weighted by Gasteiger charge is -2.62. The Morgan fingerprint density at radius 3 is 2.43 bits per heavy atom. The predicted molar refractivity (Wildman–Crippen MR) is 209 cm³/mol. The van der Waals surface area contributed by atoms with Gasteiger partial charge in [0.05, 0.1) is 33.5 Å². The second-order valence-electron chi connectivity index (χ2n) is 16.2. The summed E-state index contributed by atoms with van der Waals surface area (Å²) in [5, 5.41) is 29.3. The topological polar surface area (TPSA) is 133 Å². The molecule has 4 N–H and O–H groups in total. The zero-order chi connectivity index (χ0) is 38.9. The summed E-state index contributed by atoms with van der Waals surface area (Å²) >= 11 is 0. The summed E-state index contributed by atoms with van der Waals surface area (Å²) in [5.41, 5.74) is 4.95. The number of fused-ring (bicyclic) bond motifs is 2. The van der Waals surface area contributed by atoms with E-state index in [1.54, 1.807) is 26.2 Å². The van der Waals surface area contributed by atoms with Crippen LogP contribution >= 0.6 is 0 Å². The van der Waals surface area contributed by atoms with Crippen molar-refractivity contribution in [3.8, 4) is 22.6 Å². The van der Waals surface area contributed by atoms with Crippen LogP contribution in [0.1, 0.15) is 62.0 Å². The summed E-state index contributed by atoms with van der Waals surface area (Å²) in [7, 11) is 7.10. The van der Waals surface area contributed by atoms with Crippen molar-refractivity contribution >= 4 is 17.5 Å². The average molecular weight is 743 g/mol. The molecule has 4 aliphatic rings. The van der Waals surface area contributed by atoms with Crippen LogP contribution in [0.25, 0.3) is 11.1 Å². The molecule has 0 radical (unpaired) electrons. The molecule has 0 unspecified atom stereocenters. The maximum atomic E-state index is 14.2. The van der Waals surface area contributed by atoms with Gasteiger partial charge in [0, 0.05) is 55.0 Å². The third kappa shape index (κ3) is 7.69. The van der Waals surface area contributed by atoms with E-state index in [-0.39, 0.29) is 36.4 Å². The lowest BCUT2D eigenvalue weighted by molar-refractivity contribution is -0.183. The zero-order valence-corrected chi connectivity index (χ0v) is 33.0. The van der Waals surface area contributed by atoms with Crippen molar-refractivity contribution in [2.24, 2.45) is 29.1 Å². The Balaban J connectivity index is 1.25. The van der Waals surface area contributed by atoms with Crippen molar-refractivity contribution in [1.29, 1.82) is 0 Å². The molecule has 0 aromatic heterocycles. The molecule has 11 heteroatoms. The van der Waals surface area contributed by atoms with Gasteiger partial charge in [-0.1, -0.05) is 57.2 Å². The number of nitrogens with zero attached hydrogens (tertiary/aromatic N) is 2. The van der Waals surface area contributed by atoms with Gasteiger partial charge in [0.2, 0.25) is 5.91 Å². The van der Waals surface area contributed by atoms with Gasteiger partial charge in [-0.3, -0.25) is 14.4 Å². The molecule has 3 aromatic rings. The van der Waals surface area contributed by atoms with Gasteiger partial charge in [-0.2, -0.15) is 5.06 Å². The van der Waals surface area contributed by atoms with E-state index < -0.39 is 24.2 Å². The van der Waals surface area contributed by atoms with Gasteiger partial charge < -0.3 is 35.2 Å². The highest BCUT2D eigenvalue weighted by Gasteiger charge is 2.57. The van der Waals surface area contributed by atoms with Gasteiger partial charge in [-0.25, -0.2) is 0 Å². The highest BCUT2D eigenvalue weighted by molar-refractivity contribution is 5.97. The molecule has 0 spiro atoms. The SMILES string of the molecule is COc1ccccc1CCNC(=O)c1cc(-c2cccc(CN3O[C@@H](CO)[C@@H]([C@H](C)O)[C@H]3C(=O)N[C@H]3C[C@H]4C[C@H]([C@@H]3C)C4(C)C)c2OC)cc(N(C)C)c1. The van der Waals surface area contributed by atoms with E-state index >= 15 is 0 Å². The smallest absolute Gasteiger partial charge is 0.251 e. The number of hydrogen-bond acceptors (Lipinski definition) is 9. The second-order valence-corrected chi connectivity index (χ2v) is 16.2. The van der Waals surface area contributed by atoms with Gasteiger partial charge in [0.15, 0.2) is 0 Å². The summed E-state index contributed by atoms with van der Waals surface area (Å²) in [4.78, 5) is 36.0. The van der Waals surface area contributed by atoms with Crippen LogP contribution in [0.15, 0.2) is 60.7 Å². The number of hydrogen-bond donors (Lipinski definition) is 4. The molecule has 2 amide bonds. The Hall–Kier alpha value is -4.16. The number of rotatable bonds is 14. The van der Waals surface area contributed by atoms with E-state index in [9.17, 15) is 19.8 Å². The number of amides is 2. The summed E-state index contributed by atoms with van der Waals surface area (Å²) in [6.07, 6.45) is 1.09. The lowest BCUT2D eigenvalue weighted by Crippen LogP contribution is -2.62. The van der Waals surface area contributed by atoms with Gasteiger partial charge in [-0.05, 0) is 84.7 Å². The number of carbonyl (C=O) groups is 2. The van der Waals surface area contributed by atoms with Crippen LogP contribution < -0.4 is 25.0 Å². The molecule has 7 rings (SSSR count). The number of benzene rings is 3. The molecule has 3 saturated carbocycles. The van der Waals surface area contributed by atoms with Gasteiger partial charge >= 0.3 is 0 Å². The molecular weight excluding hydrogens is 684 g/mol. The largest absolute Gasteiger partial charge is 0.496 e. The van der Waals surface area contributed by atoms with Gasteiger partial charge in [0.25, 0.3) is 5.91 Å². The standard InChI is InChI=1S/C43H58N4O7/c1-25-34-21-31(43(34,3)4)22-35(25)45-42(51)39-38(26(2)49)37(24-48)54-47(39)23-28-13-11-14-33(40(28)53-8)29-18-30(20-32(19-29)46(5)6)41(50)44-17-16-27-12-9-10-15-36(27)52-7/h9-15,18-20,25-26,31,34-35,37-39,48-49H,16-17,21-24H2,1-8H3,(H,44,50)(H,45,51)/t25-,26-,31+,34+,35-,37-,38+,39-/m0/s1. The quantitative estimate of drug-likeness (QED) is 0.179. The number of ether oxygens (including phenoxy) is 2. The Kier molecular flexibility index (Phi) is 11.9. The molecule has 1 saturated heterocycles. The van der Waals surface area contributed by atoms with Crippen molar-refractivity contribution < 1.29 is 34.1 Å². The molecule has 1 aliphatic heterocycles. The molecular formula is C43H58N4O7. The van der Waals surface area contributed by atoms with Gasteiger partial charge in [-0.15, -0.1) is 0 Å². The van der Waals surface area contributed by atoms with Crippen LogP contribution in [0.4, 0.5) is 5.69 Å². The molecule has 8 atom stereocenters. The predicted octanol–water partition coefficient (Wildman–Crippen LogP) is 5.07. The number of anilines is 1. The average Bonchev–Trinajstić information content (AvgIpc) is 3.53. The molecule has 3 aromatic carbocycles. The minimum absolute atomic E-state index is 0.0355. The molecule has 292 valence electrons. The van der Waals surface area contributed by atoms with E-state index in [1.165, 1.54) is 6.42 Å². The molecule has 54 heavy (non-hydrogen) atoms. The highest BCUT2D eigenvalue weighted by Crippen LogP contribution is 2.61. The Labute approximate surface area is 319 Å². The number of nitrogens with one attached hydrogen (secondary N) is 2. The first-order valence-corrected chi connectivity index (χ1v) is 19.2. The van der Waals surface area contributed by atoms with Crippen LogP contribution in [-0.2, 0) is 22.6 Å². The Morgan fingerprint density at radius 2 is 1.78 bits per heavy atom. The Morgan fingerprint density at radius 1 is 1.04 bits per heavy atom. The summed E-state index contributed by atoms with van der Waals surface area (Å²) in [6, 6.07) is 18.5. The van der Waals surface area contributed by atoms with E-state index in [0.717, 1.165) is 40.1 Å². The Bertz CT molecular complexity index is 1810. The van der Waals surface area contributed by atoms with Crippen molar-refractivity contribution in [3.63, 3.8) is 0 Å². The number of hydroxylamine groups is 2. The second kappa shape index (κ2) is 16.3. The lowest BCUT2D eigenvalue weighted by atomic mass is 9.45. The van der Waals surface area contributed by atoms with Crippen LogP contribution in [0.3, 0.4) is 0 Å². The van der Waals surface area contributed by atoms with Crippen molar-refractivity contribution in [2.75, 3.05) is 46.4 Å². The first kappa shape index (κ1) is 39.5. The summed E-state index contributed by atoms with van der Waals surface area (Å²) in [5.74, 6) is 1.77. The highest BCUT2D eigenvalue weighted by atomic mass is 16.7. The normalized spacial score (nSPS) is 26.4. The minimum Gasteiger partial charge on any atom is -0.496 e. The van der Waals surface area contributed by atoms with E-state index in [0.29, 0.717) is 42.0 Å². The molecule has 3 aliphatic carbocycles. The van der Waals surface area contributed by atoms with E-state index in [4.69, 9.17) is 14.3 Å². The molecule has 11 nitrogen and oxygen atoms in total. The minimum atomic E-state index is -0.902. The van der Waals surface area contributed by atoms with Gasteiger partial charge in [0.1, 0.15) is 23.6 Å². The fourth-order valence-corrected chi connectivity index (χ4v) is 9.31. The van der Waals surface area contributed by atoms with Crippen LogP contribution in [0.5, 0.6) is 11.5 Å². The number of methoxy groups -OCH3 is 2. The molecule has 1 heterocycles. The number of aliphatic hydroxyl groups is 2. The molecule has 4 fully saturated rings. The van der Waals surface area contributed by atoms with Crippen LogP contribution in [0, 0.1) is 29.1 Å².